The Morgan fingerprint density at radius 2 is 2.00 bits per heavy atom. The van der Waals surface area contributed by atoms with Crippen molar-refractivity contribution in [1.82, 2.24) is 9.88 Å². The average Bonchev–Trinajstić information content (AvgIpc) is 3.40. The van der Waals surface area contributed by atoms with Crippen molar-refractivity contribution >= 4 is 34.5 Å². The van der Waals surface area contributed by atoms with Gasteiger partial charge in [0.25, 0.3) is 11.6 Å². The van der Waals surface area contributed by atoms with Crippen LogP contribution in [0.3, 0.4) is 0 Å². The van der Waals surface area contributed by atoms with Crippen molar-refractivity contribution in [3.8, 4) is 11.3 Å². The number of carbonyl (C=O) groups is 1. The first-order valence-electron chi connectivity index (χ1n) is 9.91. The minimum atomic E-state index is -4.74. The summed E-state index contributed by atoms with van der Waals surface area (Å²) in [6.45, 7) is 1.94. The lowest BCUT2D eigenvalue weighted by atomic mass is 9.97. The van der Waals surface area contributed by atoms with Crippen molar-refractivity contribution in [3.05, 3.63) is 66.9 Å². The summed E-state index contributed by atoms with van der Waals surface area (Å²) in [5, 5.41) is 13.8. The number of carbonyl (C=O) groups excluding carboxylic acids is 1. The number of aryl methyl sites for hydroxylation is 1. The van der Waals surface area contributed by atoms with Crippen LogP contribution in [0, 0.1) is 17.0 Å². The number of nitro groups is 1. The van der Waals surface area contributed by atoms with Crippen LogP contribution in [0.4, 0.5) is 18.9 Å². The third-order valence-electron chi connectivity index (χ3n) is 5.44. The van der Waals surface area contributed by atoms with Gasteiger partial charge in [0.15, 0.2) is 0 Å². The van der Waals surface area contributed by atoms with Crippen LogP contribution < -0.4 is 0 Å². The molecule has 1 fully saturated rings. The first-order valence-corrected chi connectivity index (χ1v) is 11.2. The van der Waals surface area contributed by atoms with Gasteiger partial charge in [0.1, 0.15) is 10.8 Å². The Morgan fingerprint density at radius 3 is 2.64 bits per heavy atom. The Hall–Kier alpha value is -2.92. The molecule has 0 spiro atoms. The van der Waals surface area contributed by atoms with E-state index >= 15 is 0 Å². The Bertz CT molecular complexity index is 1220. The predicted octanol–water partition coefficient (Wildman–Crippen LogP) is 6.31. The number of piperidine rings is 1. The van der Waals surface area contributed by atoms with Gasteiger partial charge in [0.2, 0.25) is 5.76 Å². The van der Waals surface area contributed by atoms with Gasteiger partial charge in [-0.15, -0.1) is 11.3 Å². The molecule has 0 aliphatic carbocycles. The van der Waals surface area contributed by atoms with Crippen LogP contribution in [0.25, 0.3) is 11.3 Å². The van der Waals surface area contributed by atoms with Crippen LogP contribution in [0.2, 0.25) is 5.02 Å². The molecule has 3 heterocycles. The Morgan fingerprint density at radius 1 is 1.30 bits per heavy atom. The van der Waals surface area contributed by atoms with E-state index in [-0.39, 0.29) is 35.5 Å². The van der Waals surface area contributed by atoms with E-state index in [4.69, 9.17) is 16.0 Å². The van der Waals surface area contributed by atoms with Crippen molar-refractivity contribution in [2.24, 2.45) is 0 Å². The summed E-state index contributed by atoms with van der Waals surface area (Å²) in [6, 6.07) is 5.59. The van der Waals surface area contributed by atoms with Gasteiger partial charge in [-0.25, -0.2) is 4.98 Å². The van der Waals surface area contributed by atoms with Crippen LogP contribution in [0.15, 0.2) is 34.1 Å². The van der Waals surface area contributed by atoms with Gasteiger partial charge >= 0.3 is 6.18 Å². The maximum absolute atomic E-state index is 13.2. The van der Waals surface area contributed by atoms with E-state index in [1.807, 2.05) is 0 Å². The van der Waals surface area contributed by atoms with Gasteiger partial charge in [-0.1, -0.05) is 17.7 Å². The average molecular weight is 500 g/mol. The number of aromatic nitrogens is 1. The molecule has 1 aromatic carbocycles. The largest absolute Gasteiger partial charge is 0.456 e. The van der Waals surface area contributed by atoms with E-state index in [1.165, 1.54) is 35.3 Å². The van der Waals surface area contributed by atoms with Crippen LogP contribution >= 0.6 is 22.9 Å². The molecular formula is C21H17ClF3N3O4S. The highest BCUT2D eigenvalue weighted by atomic mass is 35.5. The highest BCUT2D eigenvalue weighted by Gasteiger charge is 2.41. The van der Waals surface area contributed by atoms with Gasteiger partial charge in [0, 0.05) is 36.0 Å². The molecule has 1 aliphatic rings. The molecule has 1 saturated heterocycles. The first-order chi connectivity index (χ1) is 15.5. The number of nitro benzene ring substituents is 1. The number of hydrogen-bond acceptors (Lipinski definition) is 6. The number of thiazole rings is 1. The quantitative estimate of drug-likeness (QED) is 0.310. The van der Waals surface area contributed by atoms with Gasteiger partial charge in [-0.05, 0) is 31.9 Å². The number of furan rings is 1. The van der Waals surface area contributed by atoms with Gasteiger partial charge in [-0.3, -0.25) is 14.9 Å². The van der Waals surface area contributed by atoms with Gasteiger partial charge < -0.3 is 9.32 Å². The molecule has 0 saturated carbocycles. The Kier molecular flexibility index (Phi) is 6.19. The van der Waals surface area contributed by atoms with E-state index in [2.05, 4.69) is 4.98 Å². The van der Waals surface area contributed by atoms with Crippen molar-refractivity contribution in [1.29, 1.82) is 0 Å². The lowest BCUT2D eigenvalue weighted by molar-refractivity contribution is -0.384. The second-order valence-corrected chi connectivity index (χ2v) is 8.96. The molecule has 0 N–H and O–H groups in total. The van der Waals surface area contributed by atoms with Gasteiger partial charge in [-0.2, -0.15) is 13.2 Å². The summed E-state index contributed by atoms with van der Waals surface area (Å²) in [4.78, 5) is 29.3. The highest BCUT2D eigenvalue weighted by molar-refractivity contribution is 7.10. The first kappa shape index (κ1) is 23.2. The molecular weight excluding hydrogens is 483 g/mol. The summed E-state index contributed by atoms with van der Waals surface area (Å²) >= 11 is 7.27. The maximum atomic E-state index is 13.2. The molecule has 4 rings (SSSR count). The van der Waals surface area contributed by atoms with Crippen molar-refractivity contribution in [2.75, 3.05) is 13.1 Å². The summed E-state index contributed by atoms with van der Waals surface area (Å²) in [7, 11) is 0. The van der Waals surface area contributed by atoms with Crippen LogP contribution in [-0.4, -0.2) is 33.8 Å². The summed E-state index contributed by atoms with van der Waals surface area (Å²) in [5.74, 6) is -1.92. The van der Waals surface area contributed by atoms with Gasteiger partial charge in [0.05, 0.1) is 21.2 Å². The van der Waals surface area contributed by atoms with Crippen LogP contribution in [0.1, 0.15) is 45.6 Å². The molecule has 2 aromatic heterocycles. The minimum absolute atomic E-state index is 0.0262. The van der Waals surface area contributed by atoms with Crippen LogP contribution in [0.5, 0.6) is 0 Å². The molecule has 33 heavy (non-hydrogen) atoms. The van der Waals surface area contributed by atoms with Crippen molar-refractivity contribution in [2.45, 2.75) is 31.9 Å². The second kappa shape index (κ2) is 8.79. The van der Waals surface area contributed by atoms with E-state index in [9.17, 15) is 28.1 Å². The molecule has 0 bridgehead atoms. The van der Waals surface area contributed by atoms with Crippen molar-refractivity contribution < 1.29 is 27.3 Å². The van der Waals surface area contributed by atoms with Crippen molar-refractivity contribution in [3.63, 3.8) is 0 Å². The number of rotatable bonds is 4. The molecule has 1 aliphatic heterocycles. The lowest BCUT2D eigenvalue weighted by Crippen LogP contribution is -2.38. The molecule has 0 unspecified atom stereocenters. The molecule has 3 aromatic rings. The molecule has 7 nitrogen and oxygen atoms in total. The third-order valence-corrected chi connectivity index (χ3v) is 6.76. The molecule has 0 radical (unpaired) electrons. The normalized spacial score (nSPS) is 15.1. The SMILES string of the molecule is Cc1cc(C(=O)N2CCC(c3nc(-c4ccc(Cl)c([N+](=O)[O-])c4)cs3)CC2)c(C(F)(F)F)o1. The third kappa shape index (κ3) is 4.74. The monoisotopic (exact) mass is 499 g/mol. The summed E-state index contributed by atoms with van der Waals surface area (Å²) in [6.07, 6.45) is -3.67. The fourth-order valence-corrected chi connectivity index (χ4v) is 4.99. The summed E-state index contributed by atoms with van der Waals surface area (Å²) < 4.78 is 44.3. The predicted molar refractivity (Wildman–Crippen MR) is 116 cm³/mol. The fourth-order valence-electron chi connectivity index (χ4n) is 3.80. The number of alkyl halides is 3. The smallest absolute Gasteiger partial charge is 0.450 e. The second-order valence-electron chi connectivity index (χ2n) is 7.66. The van der Waals surface area contributed by atoms with E-state index in [0.717, 1.165) is 11.1 Å². The topological polar surface area (TPSA) is 89.5 Å². The number of likely N-dealkylation sites (tertiary alicyclic amines) is 1. The number of hydrogen-bond donors (Lipinski definition) is 0. The molecule has 174 valence electrons. The molecule has 0 atom stereocenters. The zero-order chi connectivity index (χ0) is 23.9. The Labute approximate surface area is 194 Å². The highest BCUT2D eigenvalue weighted by Crippen LogP contribution is 2.37. The number of amides is 1. The zero-order valence-electron chi connectivity index (χ0n) is 17.2. The number of nitrogens with zero attached hydrogens (tertiary/aromatic N) is 3. The van der Waals surface area contributed by atoms with E-state index < -0.39 is 28.3 Å². The molecule has 12 heteroatoms. The minimum Gasteiger partial charge on any atom is -0.456 e. The lowest BCUT2D eigenvalue weighted by Gasteiger charge is -2.31. The Balaban J connectivity index is 1.46. The number of halogens is 4. The number of benzene rings is 1. The molecule has 1 amide bonds. The van der Waals surface area contributed by atoms with Crippen LogP contribution in [-0.2, 0) is 6.18 Å². The van der Waals surface area contributed by atoms with E-state index in [1.54, 1.807) is 11.4 Å². The standard InChI is InChI=1S/C21H17ClF3N3O4S/c1-11-8-14(18(32-11)21(23,24)25)20(29)27-6-4-12(5-7-27)19-26-16(10-33-19)13-2-3-15(22)17(9-13)28(30)31/h2-3,8-10,12H,4-7H2,1H3. The fraction of sp³-hybridized carbons (Fsp3) is 0.333. The van der Waals surface area contributed by atoms with E-state index in [0.29, 0.717) is 24.1 Å². The zero-order valence-corrected chi connectivity index (χ0v) is 18.8. The summed E-state index contributed by atoms with van der Waals surface area (Å²) in [5.41, 5.74) is 0.468. The maximum Gasteiger partial charge on any atom is 0.450 e.